The van der Waals surface area contributed by atoms with Gasteiger partial charge in [-0.25, -0.2) is 0 Å². The minimum Gasteiger partial charge on any atom is -0.361 e. The molecule has 0 saturated heterocycles. The summed E-state index contributed by atoms with van der Waals surface area (Å²) in [5.41, 5.74) is 3.34. The van der Waals surface area contributed by atoms with Crippen LogP contribution in [0.4, 0.5) is 0 Å². The Morgan fingerprint density at radius 1 is 1.06 bits per heavy atom. The lowest BCUT2D eigenvalue weighted by Gasteiger charge is -1.96. The first-order valence-electron chi connectivity index (χ1n) is 6.82. The van der Waals surface area contributed by atoms with Gasteiger partial charge in [-0.15, -0.1) is 0 Å². The quantitative estimate of drug-likeness (QED) is 0.683. The van der Waals surface area contributed by atoms with Crippen LogP contribution in [0.2, 0.25) is 0 Å². The summed E-state index contributed by atoms with van der Waals surface area (Å²) in [6.45, 7) is 4.32. The molecule has 18 heavy (non-hydrogen) atoms. The Morgan fingerprint density at radius 2 is 1.83 bits per heavy atom. The maximum Gasteiger partial charge on any atom is 0.137 e. The van der Waals surface area contributed by atoms with E-state index >= 15 is 0 Å². The molecule has 2 aromatic rings. The zero-order valence-corrected chi connectivity index (χ0v) is 11.3. The molecule has 0 unspecified atom stereocenters. The maximum absolute atomic E-state index is 5.38. The van der Waals surface area contributed by atoms with Gasteiger partial charge in [0.25, 0.3) is 0 Å². The predicted octanol–water partition coefficient (Wildman–Crippen LogP) is 4.77. The van der Waals surface area contributed by atoms with Crippen molar-refractivity contribution in [3.8, 4) is 11.3 Å². The molecule has 0 aliphatic heterocycles. The van der Waals surface area contributed by atoms with E-state index in [1.165, 1.54) is 31.2 Å². The highest BCUT2D eigenvalue weighted by Crippen LogP contribution is 2.20. The van der Waals surface area contributed by atoms with Gasteiger partial charge in [0.2, 0.25) is 0 Å². The Kier molecular flexibility index (Phi) is 4.57. The van der Waals surface area contributed by atoms with Gasteiger partial charge < -0.3 is 4.52 Å². The van der Waals surface area contributed by atoms with Crippen molar-refractivity contribution >= 4 is 0 Å². The van der Waals surface area contributed by atoms with Crippen LogP contribution in [0, 0.1) is 6.92 Å². The van der Waals surface area contributed by atoms with E-state index in [2.05, 4.69) is 49.3 Å². The lowest BCUT2D eigenvalue weighted by molar-refractivity contribution is 0.380. The molecule has 2 rings (SSSR count). The van der Waals surface area contributed by atoms with Gasteiger partial charge in [-0.3, -0.25) is 0 Å². The smallest absolute Gasteiger partial charge is 0.137 e. The van der Waals surface area contributed by atoms with Crippen molar-refractivity contribution in [1.29, 1.82) is 0 Å². The van der Waals surface area contributed by atoms with Gasteiger partial charge in [-0.1, -0.05) is 61.2 Å². The van der Waals surface area contributed by atoms with E-state index in [4.69, 9.17) is 4.52 Å². The molecule has 0 fully saturated rings. The van der Waals surface area contributed by atoms with Crippen LogP contribution < -0.4 is 0 Å². The molecule has 0 bridgehead atoms. The van der Waals surface area contributed by atoms with Crippen LogP contribution in [-0.2, 0) is 6.42 Å². The van der Waals surface area contributed by atoms with E-state index < -0.39 is 0 Å². The molecule has 96 valence electrons. The van der Waals surface area contributed by atoms with Crippen molar-refractivity contribution in [2.24, 2.45) is 0 Å². The molecule has 0 radical (unpaired) electrons. The van der Waals surface area contributed by atoms with Gasteiger partial charge in [0.05, 0.1) is 0 Å². The molecule has 2 heteroatoms. The van der Waals surface area contributed by atoms with Crippen LogP contribution in [-0.4, -0.2) is 5.16 Å². The average Bonchev–Trinajstić information content (AvgIpc) is 2.84. The third kappa shape index (κ3) is 3.46. The van der Waals surface area contributed by atoms with Crippen LogP contribution >= 0.6 is 0 Å². The standard InChI is InChI=1S/C16H21NO/c1-3-4-5-6-7-15-12-16(17-18-15)14-10-8-13(2)9-11-14/h8-12H,3-7H2,1-2H3. The normalized spacial score (nSPS) is 10.8. The average molecular weight is 243 g/mol. The van der Waals surface area contributed by atoms with Crippen molar-refractivity contribution in [3.63, 3.8) is 0 Å². The highest BCUT2D eigenvalue weighted by Gasteiger charge is 2.05. The Labute approximate surface area is 109 Å². The molecular formula is C16H21NO. The van der Waals surface area contributed by atoms with Crippen molar-refractivity contribution < 1.29 is 4.52 Å². The van der Waals surface area contributed by atoms with Gasteiger partial charge in [-0.05, 0) is 13.3 Å². The number of hydrogen-bond donors (Lipinski definition) is 0. The Morgan fingerprint density at radius 3 is 2.56 bits per heavy atom. The number of aromatic nitrogens is 1. The van der Waals surface area contributed by atoms with Crippen LogP contribution in [0.25, 0.3) is 11.3 Å². The zero-order chi connectivity index (χ0) is 12.8. The lowest BCUT2D eigenvalue weighted by atomic mass is 10.1. The summed E-state index contributed by atoms with van der Waals surface area (Å²) in [6.07, 6.45) is 6.04. The van der Waals surface area contributed by atoms with Crippen molar-refractivity contribution in [2.45, 2.75) is 46.0 Å². The van der Waals surface area contributed by atoms with Crippen LogP contribution in [0.1, 0.15) is 43.9 Å². The summed E-state index contributed by atoms with van der Waals surface area (Å²) < 4.78 is 5.38. The number of unbranched alkanes of at least 4 members (excludes halogenated alkanes) is 3. The lowest BCUT2D eigenvalue weighted by Crippen LogP contribution is -1.82. The van der Waals surface area contributed by atoms with Gasteiger partial charge >= 0.3 is 0 Å². The summed E-state index contributed by atoms with van der Waals surface area (Å²) in [6, 6.07) is 10.5. The molecule has 0 saturated carbocycles. The number of rotatable bonds is 6. The zero-order valence-electron chi connectivity index (χ0n) is 11.3. The summed E-state index contributed by atoms with van der Waals surface area (Å²) in [4.78, 5) is 0. The van der Waals surface area contributed by atoms with Crippen molar-refractivity contribution in [3.05, 3.63) is 41.7 Å². The van der Waals surface area contributed by atoms with Crippen LogP contribution in [0.15, 0.2) is 34.9 Å². The largest absolute Gasteiger partial charge is 0.361 e. The van der Waals surface area contributed by atoms with Gasteiger partial charge in [0, 0.05) is 18.1 Å². The Balaban J connectivity index is 1.95. The van der Waals surface area contributed by atoms with Gasteiger partial charge in [-0.2, -0.15) is 0 Å². The minimum atomic E-state index is 0.945. The Hall–Kier alpha value is -1.57. The summed E-state index contributed by atoms with van der Waals surface area (Å²) in [5.74, 6) is 1.00. The fraction of sp³-hybridized carbons (Fsp3) is 0.438. The SMILES string of the molecule is CCCCCCc1cc(-c2ccc(C)cc2)no1. The topological polar surface area (TPSA) is 26.0 Å². The van der Waals surface area contributed by atoms with E-state index in [1.54, 1.807) is 0 Å². The second kappa shape index (κ2) is 6.39. The number of nitrogens with zero attached hydrogens (tertiary/aromatic N) is 1. The summed E-state index contributed by atoms with van der Waals surface area (Å²) >= 11 is 0. The van der Waals surface area contributed by atoms with E-state index in [0.717, 1.165) is 23.4 Å². The second-order valence-electron chi connectivity index (χ2n) is 4.86. The van der Waals surface area contributed by atoms with Crippen molar-refractivity contribution in [2.75, 3.05) is 0 Å². The first-order valence-corrected chi connectivity index (χ1v) is 6.82. The molecule has 0 spiro atoms. The third-order valence-electron chi connectivity index (χ3n) is 3.18. The Bertz CT molecular complexity index is 470. The summed E-state index contributed by atoms with van der Waals surface area (Å²) in [5, 5.41) is 4.14. The highest BCUT2D eigenvalue weighted by atomic mass is 16.5. The molecule has 2 nitrogen and oxygen atoms in total. The molecule has 1 heterocycles. The predicted molar refractivity (Wildman–Crippen MR) is 74.5 cm³/mol. The van der Waals surface area contributed by atoms with Gasteiger partial charge in [0.1, 0.15) is 11.5 Å². The van der Waals surface area contributed by atoms with E-state index in [-0.39, 0.29) is 0 Å². The van der Waals surface area contributed by atoms with E-state index in [0.29, 0.717) is 0 Å². The number of hydrogen-bond acceptors (Lipinski definition) is 2. The molecule has 0 aliphatic rings. The third-order valence-corrected chi connectivity index (χ3v) is 3.18. The van der Waals surface area contributed by atoms with Crippen molar-refractivity contribution in [1.82, 2.24) is 5.16 Å². The van der Waals surface area contributed by atoms with Gasteiger partial charge in [0.15, 0.2) is 0 Å². The molecule has 1 aromatic heterocycles. The fourth-order valence-corrected chi connectivity index (χ4v) is 2.02. The summed E-state index contributed by atoms with van der Waals surface area (Å²) in [7, 11) is 0. The molecule has 1 aromatic carbocycles. The monoisotopic (exact) mass is 243 g/mol. The molecule has 0 N–H and O–H groups in total. The van der Waals surface area contributed by atoms with E-state index in [1.807, 2.05) is 0 Å². The first kappa shape index (κ1) is 12.9. The van der Waals surface area contributed by atoms with Crippen LogP contribution in [0.3, 0.4) is 0 Å². The minimum absolute atomic E-state index is 0.945. The molecule has 0 atom stereocenters. The maximum atomic E-state index is 5.38. The number of benzene rings is 1. The highest BCUT2D eigenvalue weighted by molar-refractivity contribution is 5.59. The fourth-order valence-electron chi connectivity index (χ4n) is 2.02. The molecular weight excluding hydrogens is 222 g/mol. The van der Waals surface area contributed by atoms with E-state index in [9.17, 15) is 0 Å². The van der Waals surface area contributed by atoms with Crippen LogP contribution in [0.5, 0.6) is 0 Å². The molecule has 0 amide bonds. The first-order chi connectivity index (χ1) is 8.79. The second-order valence-corrected chi connectivity index (χ2v) is 4.86. The number of aryl methyl sites for hydroxylation is 2. The molecule has 0 aliphatic carbocycles.